The van der Waals surface area contributed by atoms with Crippen molar-refractivity contribution in [1.82, 2.24) is 0 Å². The predicted octanol–water partition coefficient (Wildman–Crippen LogP) is 6.74. The van der Waals surface area contributed by atoms with Crippen LogP contribution in [0.1, 0.15) is 11.1 Å². The molecule has 0 aliphatic rings. The van der Waals surface area contributed by atoms with Gasteiger partial charge in [-0.1, -0.05) is 0 Å². The van der Waals surface area contributed by atoms with Crippen molar-refractivity contribution in [3.8, 4) is 12.1 Å². The standard InChI is InChI=1S/C50H38N2O8P2S2/c51-39-41-31-35-49(36-32-41)61(43-19-7-1-8-20-43,44-21-9-2-10-22-44,45-23-11-3-12-24-45)59-63(53,54)57-58-64(55,56)60-62(46-25-13-4-14-26-46,47-27-15-5-16-28-47,48-29-17-6-18-30-48)50-37-33-42(40-52)34-38-50/h1-38H. The van der Waals surface area contributed by atoms with Crippen molar-refractivity contribution < 1.29 is 33.4 Å². The number of nitrogens with zero attached hydrogens (tertiary/aromatic N) is 2. The molecule has 0 spiro atoms. The summed E-state index contributed by atoms with van der Waals surface area (Å²) in [7, 11) is -11.2. The summed E-state index contributed by atoms with van der Waals surface area (Å²) >= 11 is 0. The molecule has 0 aromatic heterocycles. The molecule has 14 heteroatoms. The van der Waals surface area contributed by atoms with Crippen molar-refractivity contribution in [2.24, 2.45) is 0 Å². The molecule has 0 saturated heterocycles. The van der Waals surface area contributed by atoms with Crippen LogP contribution in [0.3, 0.4) is 0 Å². The van der Waals surface area contributed by atoms with Gasteiger partial charge in [0.25, 0.3) is 0 Å². The second kappa shape index (κ2) is 17.5. The normalized spacial score (nSPS) is 13.2. The van der Waals surface area contributed by atoms with Gasteiger partial charge >= 0.3 is 375 Å². The van der Waals surface area contributed by atoms with Crippen molar-refractivity contribution in [3.05, 3.63) is 242 Å². The average Bonchev–Trinajstić information content (AvgIpc) is 3.36. The zero-order valence-electron chi connectivity index (χ0n) is 33.8. The van der Waals surface area contributed by atoms with Crippen LogP contribution < -0.4 is 42.4 Å². The van der Waals surface area contributed by atoms with Crippen molar-refractivity contribution in [3.63, 3.8) is 0 Å². The van der Waals surface area contributed by atoms with Gasteiger partial charge in [0, 0.05) is 0 Å². The third kappa shape index (κ3) is 7.23. The van der Waals surface area contributed by atoms with E-state index in [1.807, 2.05) is 0 Å². The number of rotatable bonds is 15. The molecule has 0 bridgehead atoms. The minimum atomic E-state index is -5.59. The maximum absolute atomic E-state index is 15.0. The summed E-state index contributed by atoms with van der Waals surface area (Å²) in [6, 6.07) is 69.2. The van der Waals surface area contributed by atoms with Crippen LogP contribution in [0.4, 0.5) is 0 Å². The first kappa shape index (κ1) is 44.0. The summed E-state index contributed by atoms with van der Waals surface area (Å²) in [6.45, 7) is -10.2. The fourth-order valence-corrected chi connectivity index (χ4v) is 24.4. The fraction of sp³-hybridized carbons (Fsp3) is 0. The van der Waals surface area contributed by atoms with Gasteiger partial charge in [-0.3, -0.25) is 0 Å². The van der Waals surface area contributed by atoms with Gasteiger partial charge < -0.3 is 0 Å². The van der Waals surface area contributed by atoms with Crippen LogP contribution in [0.2, 0.25) is 0 Å². The number of benzene rings is 8. The molecular formula is C50H38N2O8P2S2. The van der Waals surface area contributed by atoms with Gasteiger partial charge in [-0.25, -0.2) is 0 Å². The summed E-state index contributed by atoms with van der Waals surface area (Å²) in [5.41, 5.74) is 0.609. The summed E-state index contributed by atoms with van der Waals surface area (Å²) in [6.07, 6.45) is 0. The summed E-state index contributed by atoms with van der Waals surface area (Å²) < 4.78 is 83.6. The Balaban J connectivity index is 1.35. The first-order valence-corrected chi connectivity index (χ1v) is 26.7. The Morgan fingerprint density at radius 1 is 0.297 bits per heavy atom. The third-order valence-electron chi connectivity index (χ3n) is 11.1. The van der Waals surface area contributed by atoms with Crippen molar-refractivity contribution in [2.75, 3.05) is 0 Å². The quantitative estimate of drug-likeness (QED) is 0.0614. The molecule has 0 atom stereocenters. The molecule has 0 amide bonds. The number of hydrogen-bond acceptors (Lipinski definition) is 10. The van der Waals surface area contributed by atoms with E-state index in [1.165, 1.54) is 0 Å². The van der Waals surface area contributed by atoms with Crippen LogP contribution >= 0.6 is 13.7 Å². The topological polar surface area (TPSA) is 153 Å². The van der Waals surface area contributed by atoms with Crippen LogP contribution in [0.25, 0.3) is 0 Å². The van der Waals surface area contributed by atoms with Gasteiger partial charge in [0.05, 0.1) is 0 Å². The Bertz CT molecular complexity index is 2790. The molecular weight excluding hydrogens is 883 g/mol. The van der Waals surface area contributed by atoms with E-state index in [9.17, 15) is 27.4 Å². The number of nitriles is 2. The van der Waals surface area contributed by atoms with Gasteiger partial charge in [-0.15, -0.1) is 0 Å². The summed E-state index contributed by atoms with van der Waals surface area (Å²) in [5, 5.41) is 22.8. The molecule has 0 saturated carbocycles. The van der Waals surface area contributed by atoms with Gasteiger partial charge in [-0.05, 0) is 0 Å². The molecule has 0 radical (unpaired) electrons. The van der Waals surface area contributed by atoms with Crippen LogP contribution in [0.5, 0.6) is 0 Å². The Kier molecular flexibility index (Phi) is 12.0. The van der Waals surface area contributed by atoms with Crippen LogP contribution in [0, 0.1) is 22.7 Å². The Morgan fingerprint density at radius 2 is 0.484 bits per heavy atom. The first-order valence-electron chi connectivity index (χ1n) is 19.7. The second-order valence-electron chi connectivity index (χ2n) is 14.5. The van der Waals surface area contributed by atoms with E-state index in [4.69, 9.17) is 16.6 Å². The van der Waals surface area contributed by atoms with E-state index in [0.29, 0.717) is 53.6 Å². The predicted molar refractivity (Wildman–Crippen MR) is 254 cm³/mol. The maximum atomic E-state index is 15.0. The molecule has 0 fully saturated rings. The molecule has 10 nitrogen and oxygen atoms in total. The van der Waals surface area contributed by atoms with E-state index in [1.54, 1.807) is 231 Å². The van der Waals surface area contributed by atoms with E-state index < -0.39 is 34.5 Å². The van der Waals surface area contributed by atoms with Crippen molar-refractivity contribution >= 4 is 76.9 Å². The number of hydrogen-bond donors (Lipinski definition) is 0. The molecule has 64 heavy (non-hydrogen) atoms. The Labute approximate surface area is 372 Å². The van der Waals surface area contributed by atoms with E-state index in [-0.39, 0.29) is 0 Å². The van der Waals surface area contributed by atoms with Gasteiger partial charge in [-0.2, -0.15) is 0 Å². The summed E-state index contributed by atoms with van der Waals surface area (Å²) in [4.78, 5) is 0. The molecule has 0 heterocycles. The molecule has 0 N–H and O–H groups in total. The average molecular weight is 921 g/mol. The van der Waals surface area contributed by atoms with E-state index in [0.717, 1.165) is 0 Å². The molecule has 318 valence electrons. The fourth-order valence-electron chi connectivity index (χ4n) is 8.51. The summed E-state index contributed by atoms with van der Waals surface area (Å²) in [5.74, 6) is 0. The monoisotopic (exact) mass is 920 g/mol. The molecule has 0 aliphatic carbocycles. The van der Waals surface area contributed by atoms with E-state index in [2.05, 4.69) is 12.1 Å². The third-order valence-corrected chi connectivity index (χ3v) is 25.8. The van der Waals surface area contributed by atoms with Crippen LogP contribution in [-0.2, 0) is 37.4 Å². The molecule has 8 aromatic rings. The van der Waals surface area contributed by atoms with Gasteiger partial charge in [0.15, 0.2) is 0 Å². The van der Waals surface area contributed by atoms with Gasteiger partial charge in [0.1, 0.15) is 0 Å². The Morgan fingerprint density at radius 3 is 0.672 bits per heavy atom. The zero-order valence-corrected chi connectivity index (χ0v) is 37.2. The molecule has 8 rings (SSSR count). The zero-order chi connectivity index (χ0) is 44.8. The molecule has 0 aliphatic heterocycles. The van der Waals surface area contributed by atoms with E-state index >= 15 is 0 Å². The SMILES string of the molecule is N#Cc1ccc(P(OS(=O)(=O)OOS(=O)(=O)OP(c2ccccc2)(c2ccccc2)(c2ccccc2)c2ccc(C#N)cc2)(c2ccccc2)(c2ccccc2)c2ccccc2)cc1. The molecule has 8 aromatic carbocycles. The second-order valence-corrected chi connectivity index (χ2v) is 25.9. The van der Waals surface area contributed by atoms with Gasteiger partial charge in [0.2, 0.25) is 0 Å². The minimum absolute atomic E-state index is 0.305. The van der Waals surface area contributed by atoms with Crippen LogP contribution in [0.15, 0.2) is 231 Å². The van der Waals surface area contributed by atoms with Crippen molar-refractivity contribution in [2.45, 2.75) is 0 Å². The molecule has 0 unspecified atom stereocenters. The van der Waals surface area contributed by atoms with Crippen molar-refractivity contribution in [1.29, 1.82) is 10.5 Å². The first-order chi connectivity index (χ1) is 31.0. The van der Waals surface area contributed by atoms with Crippen LogP contribution in [-0.4, -0.2) is 16.8 Å². The Hall–Kier alpha value is -6.66.